The number of halogens is 1. The molecule has 128 valence electrons. The fourth-order valence-electron chi connectivity index (χ4n) is 2.31. The average molecular weight is 357 g/mol. The third-order valence-corrected chi connectivity index (χ3v) is 4.49. The molecule has 3 rings (SSSR count). The van der Waals surface area contributed by atoms with Crippen molar-refractivity contribution >= 4 is 17.3 Å². The Morgan fingerprint density at radius 1 is 1.16 bits per heavy atom. The summed E-state index contributed by atoms with van der Waals surface area (Å²) in [4.78, 5) is 16.4. The average Bonchev–Trinajstić information content (AvgIpc) is 3.10. The van der Waals surface area contributed by atoms with Crippen LogP contribution >= 0.6 is 11.3 Å². The van der Waals surface area contributed by atoms with Crippen molar-refractivity contribution in [1.82, 2.24) is 4.98 Å². The predicted molar refractivity (Wildman–Crippen MR) is 94.0 cm³/mol. The minimum Gasteiger partial charge on any atom is -0.496 e. The van der Waals surface area contributed by atoms with Crippen molar-refractivity contribution in [3.63, 3.8) is 0 Å². The maximum atomic E-state index is 13.0. The van der Waals surface area contributed by atoms with E-state index in [0.29, 0.717) is 11.4 Å². The number of methoxy groups -OCH3 is 1. The molecule has 1 heterocycles. The molecule has 0 saturated carbocycles. The molecule has 6 heteroatoms. The Morgan fingerprint density at radius 2 is 1.92 bits per heavy atom. The number of aromatic nitrogens is 1. The number of benzene rings is 2. The molecule has 0 saturated heterocycles. The van der Waals surface area contributed by atoms with Gasteiger partial charge in [0.25, 0.3) is 0 Å². The molecule has 0 radical (unpaired) electrons. The number of esters is 1. The van der Waals surface area contributed by atoms with Crippen LogP contribution in [-0.4, -0.2) is 18.1 Å². The zero-order valence-corrected chi connectivity index (χ0v) is 14.4. The molecular formula is C19H16FNO3S. The van der Waals surface area contributed by atoms with Crippen molar-refractivity contribution in [2.45, 2.75) is 13.0 Å². The first-order chi connectivity index (χ1) is 12.2. The summed E-state index contributed by atoms with van der Waals surface area (Å²) in [5.74, 6) is 0.0262. The molecule has 0 atom stereocenters. The molecule has 0 aliphatic rings. The van der Waals surface area contributed by atoms with E-state index in [1.807, 2.05) is 23.6 Å². The zero-order valence-electron chi connectivity index (χ0n) is 13.6. The molecule has 0 aliphatic carbocycles. The van der Waals surface area contributed by atoms with Gasteiger partial charge in [0.15, 0.2) is 0 Å². The van der Waals surface area contributed by atoms with Gasteiger partial charge < -0.3 is 9.47 Å². The highest BCUT2D eigenvalue weighted by Crippen LogP contribution is 2.24. The van der Waals surface area contributed by atoms with Crippen molar-refractivity contribution in [2.24, 2.45) is 0 Å². The van der Waals surface area contributed by atoms with E-state index in [-0.39, 0.29) is 24.8 Å². The molecule has 2 aromatic carbocycles. The summed E-state index contributed by atoms with van der Waals surface area (Å²) in [5.41, 5.74) is 2.27. The van der Waals surface area contributed by atoms with Crippen LogP contribution in [0, 0.1) is 5.82 Å². The third kappa shape index (κ3) is 4.42. The van der Waals surface area contributed by atoms with Gasteiger partial charge in [0, 0.05) is 16.5 Å². The van der Waals surface area contributed by atoms with Crippen molar-refractivity contribution in [2.75, 3.05) is 7.11 Å². The second kappa shape index (κ2) is 7.90. The number of hydrogen-bond acceptors (Lipinski definition) is 5. The number of ether oxygens (including phenoxy) is 2. The SMILES string of the molecule is COc1ccccc1CC(=O)OCc1csc(-c2ccc(F)cc2)n1. The molecule has 0 amide bonds. The van der Waals surface area contributed by atoms with Gasteiger partial charge >= 0.3 is 5.97 Å². The summed E-state index contributed by atoms with van der Waals surface area (Å²) < 4.78 is 23.5. The normalized spacial score (nSPS) is 10.5. The molecule has 3 aromatic rings. The van der Waals surface area contributed by atoms with E-state index in [1.54, 1.807) is 25.3 Å². The highest BCUT2D eigenvalue weighted by molar-refractivity contribution is 7.13. The van der Waals surface area contributed by atoms with Gasteiger partial charge in [0.1, 0.15) is 23.2 Å². The number of carbonyl (C=O) groups excluding carboxylic acids is 1. The van der Waals surface area contributed by atoms with Gasteiger partial charge in [0.05, 0.1) is 19.2 Å². The lowest BCUT2D eigenvalue weighted by Crippen LogP contribution is -2.09. The van der Waals surface area contributed by atoms with Crippen molar-refractivity contribution < 1.29 is 18.7 Å². The van der Waals surface area contributed by atoms with E-state index in [4.69, 9.17) is 9.47 Å². The van der Waals surface area contributed by atoms with E-state index in [0.717, 1.165) is 16.1 Å². The van der Waals surface area contributed by atoms with Gasteiger partial charge in [-0.1, -0.05) is 18.2 Å². The molecule has 0 unspecified atom stereocenters. The monoisotopic (exact) mass is 357 g/mol. The predicted octanol–water partition coefficient (Wildman–Crippen LogP) is 4.24. The van der Waals surface area contributed by atoms with E-state index >= 15 is 0 Å². The summed E-state index contributed by atoms with van der Waals surface area (Å²) in [6.07, 6.45) is 0.138. The number of para-hydroxylation sites is 1. The number of carbonyl (C=O) groups is 1. The van der Waals surface area contributed by atoms with Crippen LogP contribution < -0.4 is 4.74 Å². The maximum Gasteiger partial charge on any atom is 0.310 e. The Kier molecular flexibility index (Phi) is 5.40. The second-order valence-electron chi connectivity index (χ2n) is 5.30. The van der Waals surface area contributed by atoms with E-state index in [2.05, 4.69) is 4.98 Å². The van der Waals surface area contributed by atoms with Crippen LogP contribution in [-0.2, 0) is 22.6 Å². The lowest BCUT2D eigenvalue weighted by molar-refractivity contribution is -0.144. The fraction of sp³-hybridized carbons (Fsp3) is 0.158. The van der Waals surface area contributed by atoms with Crippen molar-refractivity contribution in [1.29, 1.82) is 0 Å². The Bertz CT molecular complexity index is 861. The Balaban J connectivity index is 1.58. The highest BCUT2D eigenvalue weighted by atomic mass is 32.1. The first kappa shape index (κ1) is 17.1. The molecule has 0 spiro atoms. The van der Waals surface area contributed by atoms with Crippen molar-refractivity contribution in [3.05, 3.63) is 71.0 Å². The molecule has 0 aliphatic heterocycles. The van der Waals surface area contributed by atoms with Gasteiger partial charge in [-0.15, -0.1) is 11.3 Å². The molecular weight excluding hydrogens is 341 g/mol. The van der Waals surface area contributed by atoms with Crippen LogP contribution in [0.2, 0.25) is 0 Å². The Hall–Kier alpha value is -2.73. The molecule has 0 N–H and O–H groups in total. The van der Waals surface area contributed by atoms with Crippen LogP contribution in [0.25, 0.3) is 10.6 Å². The zero-order chi connectivity index (χ0) is 17.6. The van der Waals surface area contributed by atoms with Crippen LogP contribution in [0.1, 0.15) is 11.3 Å². The van der Waals surface area contributed by atoms with E-state index < -0.39 is 0 Å². The molecule has 25 heavy (non-hydrogen) atoms. The second-order valence-corrected chi connectivity index (χ2v) is 6.16. The first-order valence-electron chi connectivity index (χ1n) is 7.63. The number of hydrogen-bond donors (Lipinski definition) is 0. The van der Waals surface area contributed by atoms with Crippen LogP contribution in [0.3, 0.4) is 0 Å². The highest BCUT2D eigenvalue weighted by Gasteiger charge is 2.11. The van der Waals surface area contributed by atoms with Gasteiger partial charge in [-0.05, 0) is 30.3 Å². The van der Waals surface area contributed by atoms with Crippen LogP contribution in [0.15, 0.2) is 53.9 Å². The summed E-state index contributed by atoms with van der Waals surface area (Å²) in [7, 11) is 1.57. The quantitative estimate of drug-likeness (QED) is 0.619. The minimum absolute atomic E-state index is 0.103. The van der Waals surface area contributed by atoms with E-state index in [1.165, 1.54) is 23.5 Å². The minimum atomic E-state index is -0.346. The van der Waals surface area contributed by atoms with Gasteiger partial charge in [0.2, 0.25) is 0 Å². The Morgan fingerprint density at radius 3 is 2.68 bits per heavy atom. The lowest BCUT2D eigenvalue weighted by atomic mass is 10.1. The maximum absolute atomic E-state index is 13.0. The fourth-order valence-corrected chi connectivity index (χ4v) is 3.12. The van der Waals surface area contributed by atoms with E-state index in [9.17, 15) is 9.18 Å². The molecule has 1 aromatic heterocycles. The van der Waals surface area contributed by atoms with Gasteiger partial charge in [-0.25, -0.2) is 9.37 Å². The third-order valence-electron chi connectivity index (χ3n) is 3.55. The number of thiazole rings is 1. The largest absolute Gasteiger partial charge is 0.496 e. The number of rotatable bonds is 6. The standard InChI is InChI=1S/C19H16FNO3S/c1-23-17-5-3-2-4-14(17)10-18(22)24-11-16-12-25-19(21-16)13-6-8-15(20)9-7-13/h2-9,12H,10-11H2,1H3. The topological polar surface area (TPSA) is 48.4 Å². The van der Waals surface area contributed by atoms with Crippen LogP contribution in [0.5, 0.6) is 5.75 Å². The first-order valence-corrected chi connectivity index (χ1v) is 8.51. The van der Waals surface area contributed by atoms with Gasteiger partial charge in [-0.2, -0.15) is 0 Å². The summed E-state index contributed by atoms with van der Waals surface area (Å²) in [6.45, 7) is 0.103. The number of nitrogens with zero attached hydrogens (tertiary/aromatic N) is 1. The smallest absolute Gasteiger partial charge is 0.310 e. The lowest BCUT2D eigenvalue weighted by Gasteiger charge is -2.07. The van der Waals surface area contributed by atoms with Crippen LogP contribution in [0.4, 0.5) is 4.39 Å². The van der Waals surface area contributed by atoms with Crippen molar-refractivity contribution in [3.8, 4) is 16.3 Å². The van der Waals surface area contributed by atoms with Gasteiger partial charge in [-0.3, -0.25) is 4.79 Å². The molecule has 0 bridgehead atoms. The molecule has 4 nitrogen and oxygen atoms in total. The molecule has 0 fully saturated rings. The summed E-state index contributed by atoms with van der Waals surface area (Å²) in [5, 5.41) is 2.59. The summed E-state index contributed by atoms with van der Waals surface area (Å²) >= 11 is 1.43. The summed E-state index contributed by atoms with van der Waals surface area (Å²) in [6, 6.07) is 13.5. The Labute approximate surface area is 148 Å².